The lowest BCUT2D eigenvalue weighted by molar-refractivity contribution is -0.114. The molecule has 3 aromatic rings. The lowest BCUT2D eigenvalue weighted by Crippen LogP contribution is -2.28. The number of rotatable bonds is 4. The van der Waals surface area contributed by atoms with Gasteiger partial charge in [-0.25, -0.2) is 0 Å². The van der Waals surface area contributed by atoms with Gasteiger partial charge in [0.1, 0.15) is 17.1 Å². The second-order valence-electron chi connectivity index (χ2n) is 10.5. The molecule has 0 saturated heterocycles. The standard InChI is InChI=1S/C29H29ClN2O2S/c1-28(2,3)19-16-18(17-20(27(19)33)29(4,5)6)26(32-31-22-11-8-7-10-21(22)30)24-14-13-23(34-24)25-12-9-15-35-25/h7-17H,1-6H3. The maximum atomic E-state index is 13.5. The molecular weight excluding hydrogens is 476 g/mol. The van der Waals surface area contributed by atoms with Crippen LogP contribution in [0.15, 0.2) is 97.4 Å². The van der Waals surface area contributed by atoms with Crippen molar-refractivity contribution in [3.8, 4) is 10.6 Å². The zero-order valence-electron chi connectivity index (χ0n) is 20.8. The van der Waals surface area contributed by atoms with Crippen molar-refractivity contribution in [1.29, 1.82) is 0 Å². The highest BCUT2D eigenvalue weighted by Crippen LogP contribution is 2.42. The lowest BCUT2D eigenvalue weighted by atomic mass is 9.71. The zero-order valence-corrected chi connectivity index (χ0v) is 22.4. The minimum absolute atomic E-state index is 0.0647. The molecule has 2 aromatic heterocycles. The van der Waals surface area contributed by atoms with E-state index in [0.29, 0.717) is 22.2 Å². The van der Waals surface area contributed by atoms with E-state index >= 15 is 0 Å². The average molecular weight is 505 g/mol. The van der Waals surface area contributed by atoms with Crippen LogP contribution >= 0.6 is 22.9 Å². The molecule has 0 unspecified atom stereocenters. The smallest absolute Gasteiger partial charge is 0.186 e. The molecule has 0 spiro atoms. The molecule has 4 rings (SSSR count). The Labute approximate surface area is 215 Å². The van der Waals surface area contributed by atoms with E-state index in [0.717, 1.165) is 27.4 Å². The number of allylic oxidation sites excluding steroid dienone is 5. The minimum atomic E-state index is -0.344. The molecule has 0 radical (unpaired) electrons. The summed E-state index contributed by atoms with van der Waals surface area (Å²) in [6.45, 7) is 12.3. The normalized spacial score (nSPS) is 14.9. The number of carbonyl (C=O) groups excluding carboxylic acids is 1. The predicted octanol–water partition coefficient (Wildman–Crippen LogP) is 9.68. The molecule has 6 heteroatoms. The predicted molar refractivity (Wildman–Crippen MR) is 145 cm³/mol. The number of nitrogens with zero attached hydrogens (tertiary/aromatic N) is 2. The molecule has 0 amide bonds. The second kappa shape index (κ2) is 9.56. The van der Waals surface area contributed by atoms with Gasteiger partial charge in [-0.1, -0.05) is 71.3 Å². The van der Waals surface area contributed by atoms with Gasteiger partial charge in [0.25, 0.3) is 0 Å². The fraction of sp³-hybridized carbons (Fsp3) is 0.276. The molecule has 1 aliphatic carbocycles. The van der Waals surface area contributed by atoms with Gasteiger partial charge >= 0.3 is 0 Å². The Morgan fingerprint density at radius 1 is 0.886 bits per heavy atom. The number of hydrogen-bond acceptors (Lipinski definition) is 5. The first kappa shape index (κ1) is 25.1. The number of hydrogen-bond donors (Lipinski definition) is 0. The third kappa shape index (κ3) is 5.47. The Kier molecular flexibility index (Phi) is 6.85. The van der Waals surface area contributed by atoms with Gasteiger partial charge in [-0.05, 0) is 58.7 Å². The summed E-state index contributed by atoms with van der Waals surface area (Å²) in [6.07, 6.45) is 3.84. The molecule has 0 atom stereocenters. The van der Waals surface area contributed by atoms with Crippen LogP contribution in [0, 0.1) is 10.8 Å². The van der Waals surface area contributed by atoms with Crippen LogP contribution in [0.25, 0.3) is 16.3 Å². The van der Waals surface area contributed by atoms with Gasteiger partial charge in [-0.3, -0.25) is 4.79 Å². The summed E-state index contributed by atoms with van der Waals surface area (Å²) in [6, 6.07) is 15.1. The average Bonchev–Trinajstić information content (AvgIpc) is 3.46. The van der Waals surface area contributed by atoms with Crippen molar-refractivity contribution < 1.29 is 9.21 Å². The summed E-state index contributed by atoms with van der Waals surface area (Å²) in [5, 5.41) is 11.6. The van der Waals surface area contributed by atoms with E-state index < -0.39 is 0 Å². The number of halogens is 1. The third-order valence-electron chi connectivity index (χ3n) is 5.69. The molecule has 1 aromatic carbocycles. The summed E-state index contributed by atoms with van der Waals surface area (Å²) in [7, 11) is 0. The highest BCUT2D eigenvalue weighted by Gasteiger charge is 2.35. The molecule has 0 saturated carbocycles. The minimum Gasteiger partial charge on any atom is -0.454 e. The number of thiophene rings is 1. The Morgan fingerprint density at radius 2 is 1.54 bits per heavy atom. The maximum absolute atomic E-state index is 13.5. The van der Waals surface area contributed by atoms with Crippen LogP contribution in [0.3, 0.4) is 0 Å². The monoisotopic (exact) mass is 504 g/mol. The fourth-order valence-electron chi connectivity index (χ4n) is 3.78. The first-order chi connectivity index (χ1) is 16.4. The SMILES string of the molecule is CC(C)(C)C1=CC(=C(N=Nc2ccccc2Cl)c2ccc(-c3cccs3)o2)C=C(C(C)(C)C)C1=O. The first-order valence-electron chi connectivity index (χ1n) is 11.5. The number of carbonyl (C=O) groups is 1. The Bertz CT molecular complexity index is 1340. The Hall–Kier alpha value is -3.02. The summed E-state index contributed by atoms with van der Waals surface area (Å²) in [5.41, 5.74) is 2.66. The van der Waals surface area contributed by atoms with E-state index in [1.54, 1.807) is 17.4 Å². The quantitative estimate of drug-likeness (QED) is 0.332. The molecular formula is C29H29ClN2O2S. The van der Waals surface area contributed by atoms with Crippen LogP contribution in [0.5, 0.6) is 0 Å². The molecule has 4 nitrogen and oxygen atoms in total. The van der Waals surface area contributed by atoms with Gasteiger partial charge in [0, 0.05) is 16.7 Å². The van der Waals surface area contributed by atoms with Crippen molar-refractivity contribution in [1.82, 2.24) is 0 Å². The largest absolute Gasteiger partial charge is 0.454 e. The summed E-state index contributed by atoms with van der Waals surface area (Å²) >= 11 is 7.94. The number of azo groups is 1. The van der Waals surface area contributed by atoms with Gasteiger partial charge in [0.15, 0.2) is 11.5 Å². The van der Waals surface area contributed by atoms with Crippen molar-refractivity contribution in [2.45, 2.75) is 41.5 Å². The van der Waals surface area contributed by atoms with Gasteiger partial charge in [0.05, 0.1) is 9.90 Å². The number of ketones is 1. The van der Waals surface area contributed by atoms with Crippen molar-refractivity contribution in [3.63, 3.8) is 0 Å². The van der Waals surface area contributed by atoms with Gasteiger partial charge in [-0.2, -0.15) is 0 Å². The molecule has 35 heavy (non-hydrogen) atoms. The molecule has 0 aliphatic heterocycles. The van der Waals surface area contributed by atoms with E-state index in [1.165, 1.54) is 0 Å². The number of furan rings is 1. The fourth-order valence-corrected chi connectivity index (χ4v) is 4.64. The van der Waals surface area contributed by atoms with Crippen LogP contribution in [0.4, 0.5) is 5.69 Å². The maximum Gasteiger partial charge on any atom is 0.186 e. The number of Topliss-reactive ketones (excluding diaryl/α,β-unsaturated/α-hetero) is 1. The zero-order chi connectivity index (χ0) is 25.4. The van der Waals surface area contributed by atoms with Crippen LogP contribution in [0.1, 0.15) is 47.3 Å². The molecule has 0 fully saturated rings. The van der Waals surface area contributed by atoms with E-state index in [1.807, 2.05) is 102 Å². The molecule has 180 valence electrons. The Morgan fingerprint density at radius 3 is 2.11 bits per heavy atom. The number of benzene rings is 1. The van der Waals surface area contributed by atoms with Gasteiger partial charge in [0.2, 0.25) is 0 Å². The Balaban J connectivity index is 1.95. The molecule has 0 N–H and O–H groups in total. The van der Waals surface area contributed by atoms with Crippen LogP contribution in [0.2, 0.25) is 5.02 Å². The summed E-state index contributed by atoms with van der Waals surface area (Å²) in [5.74, 6) is 1.39. The third-order valence-corrected chi connectivity index (χ3v) is 6.90. The highest BCUT2D eigenvalue weighted by molar-refractivity contribution is 7.13. The van der Waals surface area contributed by atoms with E-state index in [4.69, 9.17) is 16.0 Å². The van der Waals surface area contributed by atoms with Crippen molar-refractivity contribution >= 4 is 40.1 Å². The summed E-state index contributed by atoms with van der Waals surface area (Å²) < 4.78 is 6.25. The first-order valence-corrected chi connectivity index (χ1v) is 12.7. The molecule has 0 bridgehead atoms. The van der Waals surface area contributed by atoms with Gasteiger partial charge in [-0.15, -0.1) is 21.6 Å². The van der Waals surface area contributed by atoms with Gasteiger partial charge < -0.3 is 4.42 Å². The highest BCUT2D eigenvalue weighted by atomic mass is 35.5. The van der Waals surface area contributed by atoms with E-state index in [9.17, 15) is 4.79 Å². The van der Waals surface area contributed by atoms with Crippen molar-refractivity contribution in [3.05, 3.63) is 93.6 Å². The van der Waals surface area contributed by atoms with Crippen molar-refractivity contribution in [2.24, 2.45) is 21.1 Å². The topological polar surface area (TPSA) is 54.9 Å². The molecule has 2 heterocycles. The van der Waals surface area contributed by atoms with Crippen LogP contribution < -0.4 is 0 Å². The molecule has 1 aliphatic rings. The van der Waals surface area contributed by atoms with E-state index in [-0.39, 0.29) is 16.6 Å². The lowest BCUT2D eigenvalue weighted by Gasteiger charge is -2.31. The van der Waals surface area contributed by atoms with E-state index in [2.05, 4.69) is 10.2 Å². The van der Waals surface area contributed by atoms with Crippen molar-refractivity contribution in [2.75, 3.05) is 0 Å². The van der Waals surface area contributed by atoms with Crippen LogP contribution in [-0.4, -0.2) is 5.78 Å². The second-order valence-corrected chi connectivity index (χ2v) is 11.9. The summed E-state index contributed by atoms with van der Waals surface area (Å²) in [4.78, 5) is 14.5. The van der Waals surface area contributed by atoms with Crippen LogP contribution in [-0.2, 0) is 4.79 Å².